The molecule has 5 nitrogen and oxygen atoms in total. The van der Waals surface area contributed by atoms with Crippen molar-refractivity contribution in [1.29, 1.82) is 0 Å². The van der Waals surface area contributed by atoms with Gasteiger partial charge in [-0.25, -0.2) is 4.39 Å². The minimum atomic E-state index is -1.06. The lowest BCUT2D eigenvalue weighted by Gasteiger charge is -2.35. The molecule has 29 heavy (non-hydrogen) atoms. The number of amides is 2. The van der Waals surface area contributed by atoms with Crippen molar-refractivity contribution >= 4 is 46.4 Å². The summed E-state index contributed by atoms with van der Waals surface area (Å²) in [6.07, 6.45) is 0.938. The van der Waals surface area contributed by atoms with E-state index in [1.165, 1.54) is 12.1 Å². The standard InChI is InChI=1S/C21H21ClFN3O2S/c1-2-21(13-18(27)24-17-9-5-15(22)6-10-17)19(28)25-20(29)26(21)12-11-14-3-7-16(23)8-4-14/h3-10H,2,11-13H2,1H3,(H,24,27)(H,25,28,29). The number of benzene rings is 2. The Morgan fingerprint density at radius 3 is 2.48 bits per heavy atom. The fourth-order valence-corrected chi connectivity index (χ4v) is 3.95. The van der Waals surface area contributed by atoms with E-state index >= 15 is 0 Å². The molecule has 1 aliphatic rings. The number of nitrogens with one attached hydrogen (secondary N) is 2. The first-order valence-corrected chi connectivity index (χ1v) is 10.1. The lowest BCUT2D eigenvalue weighted by Crippen LogP contribution is -2.52. The number of carbonyl (C=O) groups excluding carboxylic acids is 2. The first kappa shape index (κ1) is 21.2. The van der Waals surface area contributed by atoms with Gasteiger partial charge in [-0.3, -0.25) is 9.59 Å². The van der Waals surface area contributed by atoms with Crippen molar-refractivity contribution in [3.05, 3.63) is 64.9 Å². The molecule has 0 aromatic heterocycles. The van der Waals surface area contributed by atoms with Gasteiger partial charge in [-0.1, -0.05) is 30.7 Å². The Balaban J connectivity index is 1.74. The summed E-state index contributed by atoms with van der Waals surface area (Å²) in [7, 11) is 0. The van der Waals surface area contributed by atoms with Gasteiger partial charge in [0.1, 0.15) is 11.4 Å². The highest BCUT2D eigenvalue weighted by Gasteiger charge is 2.50. The molecule has 1 fully saturated rings. The molecule has 1 aliphatic heterocycles. The summed E-state index contributed by atoms with van der Waals surface area (Å²) >= 11 is 11.2. The summed E-state index contributed by atoms with van der Waals surface area (Å²) < 4.78 is 13.1. The van der Waals surface area contributed by atoms with E-state index in [0.717, 1.165) is 5.56 Å². The Labute approximate surface area is 179 Å². The summed E-state index contributed by atoms with van der Waals surface area (Å²) in [6.45, 7) is 2.29. The fraction of sp³-hybridized carbons (Fsp3) is 0.286. The van der Waals surface area contributed by atoms with E-state index in [-0.39, 0.29) is 24.1 Å². The molecule has 0 bridgehead atoms. The monoisotopic (exact) mass is 433 g/mol. The van der Waals surface area contributed by atoms with Crippen LogP contribution in [0.3, 0.4) is 0 Å². The Bertz CT molecular complexity index is 921. The molecule has 1 unspecified atom stereocenters. The van der Waals surface area contributed by atoms with E-state index in [0.29, 0.717) is 35.2 Å². The van der Waals surface area contributed by atoms with Gasteiger partial charge in [-0.05, 0) is 67.0 Å². The first-order chi connectivity index (χ1) is 13.8. The number of hydrogen-bond donors (Lipinski definition) is 2. The summed E-state index contributed by atoms with van der Waals surface area (Å²) in [6, 6.07) is 12.9. The molecule has 2 N–H and O–H groups in total. The average Bonchev–Trinajstić information content (AvgIpc) is 2.92. The Morgan fingerprint density at radius 2 is 1.86 bits per heavy atom. The van der Waals surface area contributed by atoms with Gasteiger partial charge < -0.3 is 15.5 Å². The van der Waals surface area contributed by atoms with Crippen molar-refractivity contribution in [2.24, 2.45) is 0 Å². The van der Waals surface area contributed by atoms with Crippen molar-refractivity contribution in [3.8, 4) is 0 Å². The molecule has 2 amide bonds. The third kappa shape index (κ3) is 4.74. The Kier molecular flexibility index (Phi) is 6.49. The van der Waals surface area contributed by atoms with Gasteiger partial charge in [-0.2, -0.15) is 0 Å². The molecule has 0 spiro atoms. The first-order valence-electron chi connectivity index (χ1n) is 9.27. The summed E-state index contributed by atoms with van der Waals surface area (Å²) in [4.78, 5) is 27.2. The predicted octanol–water partition coefficient (Wildman–Crippen LogP) is 3.92. The van der Waals surface area contributed by atoms with Crippen molar-refractivity contribution < 1.29 is 14.0 Å². The van der Waals surface area contributed by atoms with Crippen molar-refractivity contribution in [1.82, 2.24) is 10.2 Å². The van der Waals surface area contributed by atoms with Crippen LogP contribution in [-0.2, 0) is 16.0 Å². The van der Waals surface area contributed by atoms with Crippen LogP contribution in [0.1, 0.15) is 25.3 Å². The highest BCUT2D eigenvalue weighted by Crippen LogP contribution is 2.30. The highest BCUT2D eigenvalue weighted by atomic mass is 35.5. The van der Waals surface area contributed by atoms with Gasteiger partial charge in [-0.15, -0.1) is 0 Å². The Hall–Kier alpha value is -2.51. The Morgan fingerprint density at radius 1 is 1.21 bits per heavy atom. The van der Waals surface area contributed by atoms with E-state index in [1.54, 1.807) is 41.3 Å². The number of thiocarbonyl (C=S) groups is 1. The summed E-state index contributed by atoms with van der Waals surface area (Å²) in [5.41, 5.74) is 0.460. The van der Waals surface area contributed by atoms with Crippen LogP contribution in [0.4, 0.5) is 10.1 Å². The van der Waals surface area contributed by atoms with Crippen LogP contribution in [-0.4, -0.2) is 33.9 Å². The third-order valence-corrected chi connectivity index (χ3v) is 5.68. The molecule has 0 saturated carbocycles. The smallest absolute Gasteiger partial charge is 0.252 e. The molecule has 1 atom stereocenters. The van der Waals surface area contributed by atoms with E-state index < -0.39 is 5.54 Å². The number of hydrogen-bond acceptors (Lipinski definition) is 3. The minimum absolute atomic E-state index is 0.0402. The molecular weight excluding hydrogens is 413 g/mol. The van der Waals surface area contributed by atoms with E-state index in [1.807, 2.05) is 6.92 Å². The van der Waals surface area contributed by atoms with Crippen LogP contribution in [0, 0.1) is 5.82 Å². The second kappa shape index (κ2) is 8.88. The van der Waals surface area contributed by atoms with Gasteiger partial charge >= 0.3 is 0 Å². The molecule has 2 aromatic rings. The maximum atomic E-state index is 13.1. The number of anilines is 1. The molecule has 152 valence electrons. The fourth-order valence-electron chi connectivity index (χ4n) is 3.46. The zero-order valence-electron chi connectivity index (χ0n) is 15.9. The molecule has 0 radical (unpaired) electrons. The van der Waals surface area contributed by atoms with E-state index in [2.05, 4.69) is 10.6 Å². The van der Waals surface area contributed by atoms with Crippen LogP contribution in [0.5, 0.6) is 0 Å². The van der Waals surface area contributed by atoms with Crippen LogP contribution in [0.25, 0.3) is 0 Å². The van der Waals surface area contributed by atoms with E-state index in [9.17, 15) is 14.0 Å². The van der Waals surface area contributed by atoms with Gasteiger partial charge in [0.05, 0.1) is 6.42 Å². The largest absolute Gasteiger partial charge is 0.333 e. The lowest BCUT2D eigenvalue weighted by atomic mass is 9.89. The van der Waals surface area contributed by atoms with Gasteiger partial charge in [0.15, 0.2) is 5.11 Å². The van der Waals surface area contributed by atoms with Crippen LogP contribution < -0.4 is 10.6 Å². The number of carbonyl (C=O) groups is 2. The topological polar surface area (TPSA) is 61.4 Å². The van der Waals surface area contributed by atoms with Crippen molar-refractivity contribution in [2.45, 2.75) is 31.7 Å². The van der Waals surface area contributed by atoms with Crippen molar-refractivity contribution in [3.63, 3.8) is 0 Å². The van der Waals surface area contributed by atoms with Crippen LogP contribution >= 0.6 is 23.8 Å². The maximum Gasteiger partial charge on any atom is 0.252 e. The quantitative estimate of drug-likeness (QED) is 0.650. The molecule has 1 heterocycles. The number of halogens is 2. The second-order valence-corrected chi connectivity index (χ2v) is 7.73. The molecule has 1 saturated heterocycles. The normalized spacial score (nSPS) is 18.7. The van der Waals surface area contributed by atoms with Crippen molar-refractivity contribution in [2.75, 3.05) is 11.9 Å². The van der Waals surface area contributed by atoms with E-state index in [4.69, 9.17) is 23.8 Å². The van der Waals surface area contributed by atoms with Crippen LogP contribution in [0.15, 0.2) is 48.5 Å². The highest BCUT2D eigenvalue weighted by molar-refractivity contribution is 7.80. The minimum Gasteiger partial charge on any atom is -0.333 e. The summed E-state index contributed by atoms with van der Waals surface area (Å²) in [5.74, 6) is -0.875. The average molecular weight is 434 g/mol. The molecule has 2 aromatic carbocycles. The second-order valence-electron chi connectivity index (χ2n) is 6.90. The number of rotatable bonds is 7. The third-order valence-electron chi connectivity index (χ3n) is 5.11. The maximum absolute atomic E-state index is 13.1. The zero-order valence-corrected chi connectivity index (χ0v) is 17.4. The van der Waals surface area contributed by atoms with Gasteiger partial charge in [0.25, 0.3) is 5.91 Å². The molecule has 3 rings (SSSR count). The SMILES string of the molecule is CCC1(CC(=O)Nc2ccc(Cl)cc2)C(=O)NC(=S)N1CCc1ccc(F)cc1. The lowest BCUT2D eigenvalue weighted by molar-refractivity contribution is -0.131. The predicted molar refractivity (Wildman–Crippen MR) is 115 cm³/mol. The van der Waals surface area contributed by atoms with Crippen LogP contribution in [0.2, 0.25) is 5.02 Å². The van der Waals surface area contributed by atoms with Gasteiger partial charge in [0, 0.05) is 17.3 Å². The molecular formula is C21H21ClFN3O2S. The molecule has 8 heteroatoms. The number of nitrogens with zero attached hydrogens (tertiary/aromatic N) is 1. The van der Waals surface area contributed by atoms with Gasteiger partial charge in [0.2, 0.25) is 5.91 Å². The molecule has 0 aliphatic carbocycles. The summed E-state index contributed by atoms with van der Waals surface area (Å²) in [5, 5.41) is 6.37. The zero-order chi connectivity index (χ0) is 21.0.